The zero-order valence-corrected chi connectivity index (χ0v) is 14.4. The fraction of sp³-hybridized carbons (Fsp3) is 0.611. The molecule has 6 heteroatoms. The standard InChI is InChI=1S/C18H27N3O3/c1-23-17-8-3-2-7-16(17)19-18(22)21-10-5-9-20(11-12-21)14-15-6-4-13-24-15/h2-3,7-8,15H,4-6,9-14H2,1H3,(H,19,22)/t15-/m0/s1. The monoisotopic (exact) mass is 333 g/mol. The quantitative estimate of drug-likeness (QED) is 0.919. The Labute approximate surface area is 143 Å². The Morgan fingerprint density at radius 1 is 1.25 bits per heavy atom. The van der Waals surface area contributed by atoms with Gasteiger partial charge in [-0.25, -0.2) is 4.79 Å². The van der Waals surface area contributed by atoms with E-state index in [9.17, 15) is 4.79 Å². The molecular formula is C18H27N3O3. The molecule has 1 aromatic carbocycles. The van der Waals surface area contributed by atoms with Gasteiger partial charge in [-0.1, -0.05) is 12.1 Å². The lowest BCUT2D eigenvalue weighted by Gasteiger charge is -2.24. The highest BCUT2D eigenvalue weighted by atomic mass is 16.5. The van der Waals surface area contributed by atoms with Crippen LogP contribution in [0.5, 0.6) is 5.75 Å². The van der Waals surface area contributed by atoms with E-state index in [2.05, 4.69) is 10.2 Å². The third-order valence-electron chi connectivity index (χ3n) is 4.71. The van der Waals surface area contributed by atoms with E-state index < -0.39 is 0 Å². The van der Waals surface area contributed by atoms with Crippen LogP contribution < -0.4 is 10.1 Å². The lowest BCUT2D eigenvalue weighted by atomic mass is 10.2. The van der Waals surface area contributed by atoms with E-state index in [0.29, 0.717) is 17.5 Å². The summed E-state index contributed by atoms with van der Waals surface area (Å²) in [5.74, 6) is 0.681. The molecule has 132 valence electrons. The average molecular weight is 333 g/mol. The van der Waals surface area contributed by atoms with Gasteiger partial charge in [0.25, 0.3) is 0 Å². The van der Waals surface area contributed by atoms with Crippen LogP contribution in [-0.4, -0.2) is 68.4 Å². The maximum absolute atomic E-state index is 12.6. The topological polar surface area (TPSA) is 54.0 Å². The fourth-order valence-electron chi connectivity index (χ4n) is 3.38. The minimum Gasteiger partial charge on any atom is -0.495 e. The number of nitrogens with one attached hydrogen (secondary N) is 1. The van der Waals surface area contributed by atoms with Crippen molar-refractivity contribution in [2.75, 3.05) is 51.8 Å². The Bertz CT molecular complexity index is 546. The van der Waals surface area contributed by atoms with E-state index in [-0.39, 0.29) is 6.03 Å². The Balaban J connectivity index is 1.52. The average Bonchev–Trinajstić information content (AvgIpc) is 2.99. The van der Waals surface area contributed by atoms with Crippen molar-refractivity contribution in [3.05, 3.63) is 24.3 Å². The first-order valence-corrected chi connectivity index (χ1v) is 8.79. The van der Waals surface area contributed by atoms with E-state index >= 15 is 0 Å². The number of rotatable bonds is 4. The molecule has 2 amide bonds. The molecule has 2 fully saturated rings. The normalized spacial score (nSPS) is 22.2. The summed E-state index contributed by atoms with van der Waals surface area (Å²) in [5.41, 5.74) is 0.713. The van der Waals surface area contributed by atoms with Crippen LogP contribution in [0.4, 0.5) is 10.5 Å². The van der Waals surface area contributed by atoms with Gasteiger partial charge in [0.2, 0.25) is 0 Å². The molecule has 0 bridgehead atoms. The number of anilines is 1. The second-order valence-electron chi connectivity index (χ2n) is 6.41. The van der Waals surface area contributed by atoms with Gasteiger partial charge < -0.3 is 19.7 Å². The maximum Gasteiger partial charge on any atom is 0.321 e. The summed E-state index contributed by atoms with van der Waals surface area (Å²) in [6.45, 7) is 5.34. The second kappa shape index (κ2) is 8.35. The van der Waals surface area contributed by atoms with Crippen LogP contribution in [0, 0.1) is 0 Å². The van der Waals surface area contributed by atoms with Crippen molar-refractivity contribution in [2.24, 2.45) is 0 Å². The summed E-state index contributed by atoms with van der Waals surface area (Å²) in [6, 6.07) is 7.44. The molecule has 3 rings (SSSR count). The molecular weight excluding hydrogens is 306 g/mol. The molecule has 0 radical (unpaired) electrons. The van der Waals surface area contributed by atoms with E-state index in [4.69, 9.17) is 9.47 Å². The largest absolute Gasteiger partial charge is 0.495 e. The van der Waals surface area contributed by atoms with Gasteiger partial charge in [-0.2, -0.15) is 0 Å². The van der Waals surface area contributed by atoms with Gasteiger partial charge in [-0.3, -0.25) is 4.90 Å². The van der Waals surface area contributed by atoms with E-state index in [1.807, 2.05) is 29.2 Å². The fourth-order valence-corrected chi connectivity index (χ4v) is 3.38. The first kappa shape index (κ1) is 17.0. The van der Waals surface area contributed by atoms with Gasteiger partial charge in [0.15, 0.2) is 0 Å². The molecule has 2 aliphatic heterocycles. The van der Waals surface area contributed by atoms with Gasteiger partial charge in [0, 0.05) is 32.8 Å². The highest BCUT2D eigenvalue weighted by Gasteiger charge is 2.23. The van der Waals surface area contributed by atoms with E-state index in [0.717, 1.165) is 52.2 Å². The third kappa shape index (κ3) is 4.39. The van der Waals surface area contributed by atoms with Gasteiger partial charge in [-0.05, 0) is 37.9 Å². The molecule has 1 N–H and O–H groups in total. The third-order valence-corrected chi connectivity index (χ3v) is 4.71. The molecule has 2 aliphatic rings. The molecule has 2 heterocycles. The molecule has 0 aromatic heterocycles. The Morgan fingerprint density at radius 2 is 2.12 bits per heavy atom. The van der Waals surface area contributed by atoms with Crippen LogP contribution in [0.15, 0.2) is 24.3 Å². The van der Waals surface area contributed by atoms with Crippen LogP contribution in [0.1, 0.15) is 19.3 Å². The lowest BCUT2D eigenvalue weighted by Crippen LogP contribution is -2.39. The number of amides is 2. The van der Waals surface area contributed by atoms with Crippen molar-refractivity contribution in [2.45, 2.75) is 25.4 Å². The van der Waals surface area contributed by atoms with Crippen LogP contribution >= 0.6 is 0 Å². The maximum atomic E-state index is 12.6. The van der Waals surface area contributed by atoms with Crippen molar-refractivity contribution < 1.29 is 14.3 Å². The predicted molar refractivity (Wildman–Crippen MR) is 93.6 cm³/mol. The number of para-hydroxylation sites is 2. The lowest BCUT2D eigenvalue weighted by molar-refractivity contribution is 0.0747. The molecule has 2 saturated heterocycles. The van der Waals surface area contributed by atoms with Crippen molar-refractivity contribution in [3.8, 4) is 5.75 Å². The van der Waals surface area contributed by atoms with Crippen molar-refractivity contribution in [1.29, 1.82) is 0 Å². The highest BCUT2D eigenvalue weighted by Crippen LogP contribution is 2.23. The van der Waals surface area contributed by atoms with Crippen molar-refractivity contribution in [1.82, 2.24) is 9.80 Å². The summed E-state index contributed by atoms with van der Waals surface area (Å²) < 4.78 is 11.0. The summed E-state index contributed by atoms with van der Waals surface area (Å²) in [4.78, 5) is 16.9. The number of carbonyl (C=O) groups is 1. The molecule has 0 aliphatic carbocycles. The second-order valence-corrected chi connectivity index (χ2v) is 6.41. The van der Waals surface area contributed by atoms with Crippen LogP contribution in [0.2, 0.25) is 0 Å². The van der Waals surface area contributed by atoms with Gasteiger partial charge >= 0.3 is 6.03 Å². The first-order valence-electron chi connectivity index (χ1n) is 8.79. The zero-order chi connectivity index (χ0) is 16.8. The number of ether oxygens (including phenoxy) is 2. The van der Waals surface area contributed by atoms with Gasteiger partial charge in [-0.15, -0.1) is 0 Å². The summed E-state index contributed by atoms with van der Waals surface area (Å²) in [5, 5.41) is 2.97. The van der Waals surface area contributed by atoms with Crippen LogP contribution in [0.25, 0.3) is 0 Å². The molecule has 0 unspecified atom stereocenters. The van der Waals surface area contributed by atoms with Crippen molar-refractivity contribution in [3.63, 3.8) is 0 Å². The number of benzene rings is 1. The van der Waals surface area contributed by atoms with Gasteiger partial charge in [0.1, 0.15) is 5.75 Å². The first-order chi connectivity index (χ1) is 11.8. The molecule has 0 saturated carbocycles. The van der Waals surface area contributed by atoms with Crippen LogP contribution in [-0.2, 0) is 4.74 Å². The summed E-state index contributed by atoms with van der Waals surface area (Å²) in [7, 11) is 1.61. The molecule has 24 heavy (non-hydrogen) atoms. The number of urea groups is 1. The highest BCUT2D eigenvalue weighted by molar-refractivity contribution is 5.91. The Hall–Kier alpha value is -1.79. The zero-order valence-electron chi connectivity index (χ0n) is 14.4. The SMILES string of the molecule is COc1ccccc1NC(=O)N1CCCN(C[C@@H]2CCCO2)CC1. The van der Waals surface area contributed by atoms with E-state index in [1.165, 1.54) is 6.42 Å². The predicted octanol–water partition coefficient (Wildman–Crippen LogP) is 2.41. The smallest absolute Gasteiger partial charge is 0.321 e. The van der Waals surface area contributed by atoms with Crippen LogP contribution in [0.3, 0.4) is 0 Å². The number of methoxy groups -OCH3 is 1. The molecule has 1 atom stereocenters. The number of carbonyl (C=O) groups excluding carboxylic acids is 1. The minimum absolute atomic E-state index is 0.0570. The minimum atomic E-state index is -0.0570. The molecule has 0 spiro atoms. The number of hydrogen-bond donors (Lipinski definition) is 1. The molecule has 6 nitrogen and oxygen atoms in total. The Morgan fingerprint density at radius 3 is 2.92 bits per heavy atom. The van der Waals surface area contributed by atoms with Crippen molar-refractivity contribution >= 4 is 11.7 Å². The Kier molecular flexibility index (Phi) is 5.93. The number of nitrogens with zero attached hydrogens (tertiary/aromatic N) is 2. The number of hydrogen-bond acceptors (Lipinski definition) is 4. The molecule has 1 aromatic rings. The van der Waals surface area contributed by atoms with Gasteiger partial charge in [0.05, 0.1) is 18.9 Å². The summed E-state index contributed by atoms with van der Waals surface area (Å²) in [6.07, 6.45) is 3.70. The summed E-state index contributed by atoms with van der Waals surface area (Å²) >= 11 is 0. The van der Waals surface area contributed by atoms with E-state index in [1.54, 1.807) is 7.11 Å².